The smallest absolute Gasteiger partial charge is 0.243 e. The highest BCUT2D eigenvalue weighted by Gasteiger charge is 2.64. The molecule has 2 atom stereocenters. The Labute approximate surface area is 183 Å². The lowest BCUT2D eigenvalue weighted by Crippen LogP contribution is -3.16. The fourth-order valence-electron chi connectivity index (χ4n) is 5.23. The number of imide groups is 1. The number of carbonyl (C=O) groups excluding carboxylic acids is 2. The van der Waals surface area contributed by atoms with E-state index in [-0.39, 0.29) is 28.0 Å². The van der Waals surface area contributed by atoms with Crippen molar-refractivity contribution in [3.8, 4) is 0 Å². The van der Waals surface area contributed by atoms with Crippen molar-refractivity contribution in [1.82, 2.24) is 9.21 Å². The Morgan fingerprint density at radius 3 is 2.30 bits per heavy atom. The second-order valence-corrected chi connectivity index (χ2v) is 11.9. The molecule has 1 aliphatic carbocycles. The van der Waals surface area contributed by atoms with Crippen molar-refractivity contribution in [3.63, 3.8) is 0 Å². The number of carbonyl (C=O) groups is 2. The van der Waals surface area contributed by atoms with Crippen molar-refractivity contribution in [1.29, 1.82) is 0 Å². The van der Waals surface area contributed by atoms with Crippen molar-refractivity contribution in [2.75, 3.05) is 32.8 Å². The summed E-state index contributed by atoms with van der Waals surface area (Å²) in [5.41, 5.74) is -0.830. The summed E-state index contributed by atoms with van der Waals surface area (Å²) in [6.45, 7) is 8.17. The average molecular weight is 455 g/mol. The van der Waals surface area contributed by atoms with E-state index in [9.17, 15) is 18.0 Å². The van der Waals surface area contributed by atoms with Crippen LogP contribution in [0.1, 0.15) is 33.6 Å². The van der Waals surface area contributed by atoms with Gasteiger partial charge in [0.05, 0.1) is 36.5 Å². The number of amides is 2. The number of hydrogen-bond donors (Lipinski definition) is 1. The van der Waals surface area contributed by atoms with Gasteiger partial charge in [-0.3, -0.25) is 9.59 Å². The van der Waals surface area contributed by atoms with Gasteiger partial charge in [0.25, 0.3) is 0 Å². The van der Waals surface area contributed by atoms with Gasteiger partial charge in [-0.2, -0.15) is 4.31 Å². The standard InChI is InChI=1S/C21H28ClN3O4S/c1-20(2)17-8-9-21(20,3)19(27)25(18(17)26)14-23-10-12-24(13-11-23)30(28,29)16-6-4-15(22)5-7-16/h4-7,17H,8-14H2,1-3H3/p+1/t17-,21-/m1/s1. The fraction of sp³-hybridized carbons (Fsp3) is 0.619. The van der Waals surface area contributed by atoms with Crippen LogP contribution in [0.25, 0.3) is 0 Å². The number of quaternary nitrogens is 1. The normalized spacial score (nSPS) is 30.1. The summed E-state index contributed by atoms with van der Waals surface area (Å²) in [5, 5.41) is 0.491. The first-order valence-electron chi connectivity index (χ1n) is 10.4. The number of fused-ring (bicyclic) bond motifs is 2. The van der Waals surface area contributed by atoms with E-state index in [0.29, 0.717) is 37.9 Å². The molecule has 3 aliphatic rings. The topological polar surface area (TPSA) is 79.2 Å². The minimum absolute atomic E-state index is 0.0660. The molecule has 1 aromatic rings. The van der Waals surface area contributed by atoms with E-state index in [0.717, 1.165) is 17.7 Å². The number of piperazine rings is 1. The van der Waals surface area contributed by atoms with Crippen LogP contribution in [0.2, 0.25) is 5.02 Å². The molecule has 0 spiro atoms. The Hall–Kier alpha value is -1.48. The van der Waals surface area contributed by atoms with Crippen molar-refractivity contribution in [3.05, 3.63) is 29.3 Å². The zero-order valence-corrected chi connectivity index (χ0v) is 19.2. The van der Waals surface area contributed by atoms with E-state index >= 15 is 0 Å². The van der Waals surface area contributed by atoms with Crippen molar-refractivity contribution >= 4 is 33.4 Å². The molecular formula is C21H29ClN3O4S+. The predicted molar refractivity (Wildman–Crippen MR) is 112 cm³/mol. The number of piperidine rings is 1. The van der Waals surface area contributed by atoms with Gasteiger partial charge < -0.3 is 4.90 Å². The van der Waals surface area contributed by atoms with Crippen molar-refractivity contribution in [2.24, 2.45) is 16.7 Å². The first kappa shape index (κ1) is 21.7. The molecule has 1 saturated carbocycles. The number of nitrogens with zero attached hydrogens (tertiary/aromatic N) is 2. The number of sulfonamides is 1. The van der Waals surface area contributed by atoms with Crippen molar-refractivity contribution < 1.29 is 22.9 Å². The van der Waals surface area contributed by atoms with Gasteiger partial charge in [0.1, 0.15) is 0 Å². The van der Waals surface area contributed by atoms with Crippen LogP contribution in [0, 0.1) is 16.7 Å². The highest BCUT2D eigenvalue weighted by Crippen LogP contribution is 2.59. The molecule has 0 aromatic heterocycles. The number of nitrogens with one attached hydrogen (secondary N) is 1. The van der Waals surface area contributed by atoms with Crippen LogP contribution in [0.15, 0.2) is 29.2 Å². The molecule has 9 heteroatoms. The zero-order valence-electron chi connectivity index (χ0n) is 17.7. The van der Waals surface area contributed by atoms with Gasteiger partial charge in [-0.25, -0.2) is 13.3 Å². The first-order valence-corrected chi connectivity index (χ1v) is 12.3. The molecular weight excluding hydrogens is 426 g/mol. The van der Waals surface area contributed by atoms with Gasteiger partial charge >= 0.3 is 0 Å². The van der Waals surface area contributed by atoms with Crippen LogP contribution < -0.4 is 4.90 Å². The first-order chi connectivity index (χ1) is 14.0. The molecule has 2 aliphatic heterocycles. The summed E-state index contributed by atoms with van der Waals surface area (Å²) < 4.78 is 27.2. The van der Waals surface area contributed by atoms with Gasteiger partial charge in [-0.1, -0.05) is 32.4 Å². The second kappa shape index (κ2) is 7.29. The van der Waals surface area contributed by atoms with E-state index in [4.69, 9.17) is 11.6 Å². The van der Waals surface area contributed by atoms with Crippen molar-refractivity contribution in [2.45, 2.75) is 38.5 Å². The summed E-state index contributed by atoms with van der Waals surface area (Å²) in [6.07, 6.45) is 1.50. The number of hydrogen-bond acceptors (Lipinski definition) is 4. The van der Waals surface area contributed by atoms with E-state index in [2.05, 4.69) is 0 Å². The monoisotopic (exact) mass is 454 g/mol. The molecule has 2 amide bonds. The number of likely N-dealkylation sites (tertiary alicyclic amines) is 1. The minimum atomic E-state index is -3.58. The van der Waals surface area contributed by atoms with Crippen LogP contribution in [0.3, 0.4) is 0 Å². The molecule has 1 N–H and O–H groups in total. The number of rotatable bonds is 4. The summed E-state index contributed by atoms with van der Waals surface area (Å²) in [6, 6.07) is 6.17. The summed E-state index contributed by atoms with van der Waals surface area (Å²) in [4.78, 5) is 29.0. The third-order valence-corrected chi connectivity index (χ3v) is 9.94. The van der Waals surface area contributed by atoms with Gasteiger partial charge in [-0.15, -0.1) is 0 Å². The maximum absolute atomic E-state index is 13.2. The quantitative estimate of drug-likeness (QED) is 0.688. The van der Waals surface area contributed by atoms with Gasteiger partial charge in [-0.05, 0) is 42.5 Å². The lowest BCUT2D eigenvalue weighted by Gasteiger charge is -2.48. The van der Waals surface area contributed by atoms with Crippen LogP contribution >= 0.6 is 11.6 Å². The largest absolute Gasteiger partial charge is 0.315 e. The van der Waals surface area contributed by atoms with Crippen LogP contribution in [-0.2, 0) is 19.6 Å². The van der Waals surface area contributed by atoms with Gasteiger partial charge in [0.15, 0.2) is 6.67 Å². The fourth-order valence-corrected chi connectivity index (χ4v) is 6.80. The van der Waals surface area contributed by atoms with E-state index in [1.165, 1.54) is 21.3 Å². The van der Waals surface area contributed by atoms with Crippen LogP contribution in [0.5, 0.6) is 0 Å². The molecule has 7 nitrogen and oxygen atoms in total. The molecule has 2 saturated heterocycles. The molecule has 164 valence electrons. The summed E-state index contributed by atoms with van der Waals surface area (Å²) >= 11 is 5.86. The molecule has 4 rings (SSSR count). The predicted octanol–water partition coefficient (Wildman–Crippen LogP) is 0.998. The molecule has 2 heterocycles. The highest BCUT2D eigenvalue weighted by molar-refractivity contribution is 7.89. The number of benzene rings is 1. The number of halogens is 1. The Morgan fingerprint density at radius 1 is 1.10 bits per heavy atom. The highest BCUT2D eigenvalue weighted by atomic mass is 35.5. The molecule has 30 heavy (non-hydrogen) atoms. The Morgan fingerprint density at radius 2 is 1.70 bits per heavy atom. The summed E-state index contributed by atoms with van der Waals surface area (Å²) in [5.74, 6) is -0.259. The Kier molecular flexibility index (Phi) is 5.28. The van der Waals surface area contributed by atoms with E-state index in [1.807, 2.05) is 20.8 Å². The molecule has 0 radical (unpaired) electrons. The molecule has 1 aromatic carbocycles. The molecule has 0 unspecified atom stereocenters. The van der Waals surface area contributed by atoms with Gasteiger partial charge in [0.2, 0.25) is 21.8 Å². The van der Waals surface area contributed by atoms with Crippen LogP contribution in [0.4, 0.5) is 0 Å². The van der Waals surface area contributed by atoms with E-state index in [1.54, 1.807) is 12.1 Å². The third-order valence-electron chi connectivity index (χ3n) is 7.77. The third kappa shape index (κ3) is 3.20. The lowest BCUT2D eigenvalue weighted by molar-refractivity contribution is -0.911. The SMILES string of the molecule is CC1(C)[C@@H]2CC[C@]1(C)C(=O)N(C[NH+]1CCN(S(=O)(=O)c3ccc(Cl)cc3)CC1)C2=O. The Bertz CT molecular complexity index is 970. The average Bonchev–Trinajstić information content (AvgIpc) is 2.90. The minimum Gasteiger partial charge on any atom is -0.315 e. The maximum Gasteiger partial charge on any atom is 0.243 e. The van der Waals surface area contributed by atoms with E-state index < -0.39 is 15.4 Å². The van der Waals surface area contributed by atoms with Gasteiger partial charge in [0, 0.05) is 10.9 Å². The second-order valence-electron chi connectivity index (χ2n) is 9.48. The Balaban J connectivity index is 1.43. The molecule has 3 fully saturated rings. The van der Waals surface area contributed by atoms with Crippen LogP contribution in [-0.4, -0.2) is 62.3 Å². The zero-order chi connectivity index (χ0) is 21.9. The maximum atomic E-state index is 13.2. The summed E-state index contributed by atoms with van der Waals surface area (Å²) in [7, 11) is -3.58. The lowest BCUT2D eigenvalue weighted by atomic mass is 9.62. The molecule has 2 bridgehead atoms.